The van der Waals surface area contributed by atoms with Crippen molar-refractivity contribution in [3.8, 4) is 0 Å². The van der Waals surface area contributed by atoms with Crippen LogP contribution in [-0.4, -0.2) is 24.1 Å². The highest BCUT2D eigenvalue weighted by molar-refractivity contribution is 7.32. The van der Waals surface area contributed by atoms with Crippen LogP contribution in [-0.2, 0) is 4.74 Å². The first-order valence-electron chi connectivity index (χ1n) is 13.7. The maximum Gasteiger partial charge on any atom is 0.388 e. The van der Waals surface area contributed by atoms with E-state index < -0.39 is 13.8 Å². The summed E-state index contributed by atoms with van der Waals surface area (Å²) in [5.74, 6) is 1.25. The van der Waals surface area contributed by atoms with Crippen LogP contribution >= 0.6 is 8.24 Å². The van der Waals surface area contributed by atoms with Crippen LogP contribution in [0.1, 0.15) is 46.0 Å². The summed E-state index contributed by atoms with van der Waals surface area (Å²) in [6, 6.07) is 25.3. The van der Waals surface area contributed by atoms with Gasteiger partial charge in [0.05, 0.1) is 6.04 Å². The van der Waals surface area contributed by atoms with Crippen LogP contribution in [0.25, 0.3) is 43.5 Å². The van der Waals surface area contributed by atoms with E-state index in [-0.39, 0.29) is 6.04 Å². The van der Waals surface area contributed by atoms with Crippen molar-refractivity contribution in [2.24, 2.45) is 10.9 Å². The molecule has 38 heavy (non-hydrogen) atoms. The van der Waals surface area contributed by atoms with Crippen LogP contribution in [0.3, 0.4) is 0 Å². The molecule has 1 saturated carbocycles. The van der Waals surface area contributed by atoms with Gasteiger partial charge in [-0.2, -0.15) is 0 Å². The predicted octanol–water partition coefficient (Wildman–Crippen LogP) is 9.18. The van der Waals surface area contributed by atoms with E-state index in [9.17, 15) is 0 Å². The minimum absolute atomic E-state index is 0.219. The van der Waals surface area contributed by atoms with E-state index in [0.29, 0.717) is 18.4 Å². The van der Waals surface area contributed by atoms with Crippen LogP contribution in [0.4, 0.5) is 0 Å². The van der Waals surface area contributed by atoms with Crippen LogP contribution in [0.2, 0.25) is 0 Å². The number of nitrogens with zero attached hydrogens (tertiary/aromatic N) is 1. The van der Waals surface area contributed by atoms with E-state index in [1.54, 1.807) is 0 Å². The fourth-order valence-corrected chi connectivity index (χ4v) is 7.28. The van der Waals surface area contributed by atoms with Crippen LogP contribution < -0.4 is 4.52 Å². The number of aliphatic imine (C=N–C) groups is 1. The standard InChI is InChI=1S/C32H32NO4P/c1-32(2,31-33-26(20-34-31)23-12-4-3-5-13-23)37-38-35-27-18-16-21-10-6-8-14-24(21)29(27)30-25-15-9-7-11-22(25)17-19-28(30)36-38/h6-11,14-19,23,26H,3-5,12-13,20H2,1-2H3/t26-/m1/s1. The van der Waals surface area contributed by atoms with Crippen LogP contribution in [0.5, 0.6) is 0 Å². The predicted molar refractivity (Wildman–Crippen MR) is 156 cm³/mol. The van der Waals surface area contributed by atoms with E-state index >= 15 is 0 Å². The molecule has 0 saturated heterocycles. The fraction of sp³-hybridized carbons (Fsp3) is 0.344. The number of benzene rings is 4. The lowest BCUT2D eigenvalue weighted by Gasteiger charge is -2.24. The van der Waals surface area contributed by atoms with Gasteiger partial charge in [-0.3, -0.25) is 4.52 Å². The lowest BCUT2D eigenvalue weighted by atomic mass is 9.84. The normalized spacial score (nSPS) is 18.8. The summed E-state index contributed by atoms with van der Waals surface area (Å²) >= 11 is 0. The zero-order chi connectivity index (χ0) is 25.7. The third kappa shape index (κ3) is 4.19. The molecule has 1 atom stereocenters. The molecule has 2 heterocycles. The zero-order valence-electron chi connectivity index (χ0n) is 21.9. The fourth-order valence-electron chi connectivity index (χ4n) is 6.09. The van der Waals surface area contributed by atoms with Gasteiger partial charge >= 0.3 is 8.24 Å². The second kappa shape index (κ2) is 9.48. The van der Waals surface area contributed by atoms with E-state index in [1.165, 1.54) is 32.1 Å². The average Bonchev–Trinajstić information content (AvgIpc) is 3.39. The monoisotopic (exact) mass is 525 g/mol. The first-order chi connectivity index (χ1) is 18.6. The first kappa shape index (κ1) is 23.8. The summed E-state index contributed by atoms with van der Waals surface area (Å²) in [7, 11) is -1.78. The molecule has 0 amide bonds. The Morgan fingerprint density at radius 3 is 1.95 bits per heavy atom. The summed E-state index contributed by atoms with van der Waals surface area (Å²) in [6.07, 6.45) is 6.39. The number of hydrogen-bond acceptors (Lipinski definition) is 5. The van der Waals surface area contributed by atoms with Crippen LogP contribution in [0, 0.1) is 5.92 Å². The van der Waals surface area contributed by atoms with Gasteiger partial charge in [-0.1, -0.05) is 79.9 Å². The van der Waals surface area contributed by atoms with Gasteiger partial charge in [-0.25, -0.2) is 4.99 Å². The van der Waals surface area contributed by atoms with Gasteiger partial charge in [0, 0.05) is 10.8 Å². The number of hydrogen-bond donors (Lipinski definition) is 0. The molecular weight excluding hydrogens is 493 g/mol. The van der Waals surface area contributed by atoms with Crippen molar-refractivity contribution in [1.82, 2.24) is 0 Å². The molecule has 2 aliphatic rings. The lowest BCUT2D eigenvalue weighted by molar-refractivity contribution is 0.180. The molecule has 0 spiro atoms. The van der Waals surface area contributed by atoms with Gasteiger partial charge in [-0.05, 0) is 66.3 Å². The molecule has 4 aromatic carbocycles. The largest absolute Gasteiger partial charge is 0.477 e. The number of ether oxygens (including phenoxy) is 1. The summed E-state index contributed by atoms with van der Waals surface area (Å²) < 4.78 is 25.8. The Morgan fingerprint density at radius 2 is 1.34 bits per heavy atom. The number of fused-ring (bicyclic) bond motifs is 7. The Balaban J connectivity index is 1.38. The van der Waals surface area contributed by atoms with E-state index in [0.717, 1.165) is 43.5 Å². The van der Waals surface area contributed by atoms with Gasteiger partial charge in [0.2, 0.25) is 5.90 Å². The molecule has 1 aliphatic carbocycles. The maximum atomic E-state index is 6.58. The second-order valence-corrected chi connectivity index (χ2v) is 12.0. The quantitative estimate of drug-likeness (QED) is 0.235. The highest BCUT2D eigenvalue weighted by atomic mass is 31.1. The maximum absolute atomic E-state index is 6.58. The van der Waals surface area contributed by atoms with Crippen molar-refractivity contribution in [3.05, 3.63) is 72.8 Å². The van der Waals surface area contributed by atoms with Gasteiger partial charge in [-0.15, -0.1) is 0 Å². The average molecular weight is 526 g/mol. The third-order valence-electron chi connectivity index (χ3n) is 8.06. The third-order valence-corrected chi connectivity index (χ3v) is 9.36. The number of rotatable bonds is 4. The topological polar surface area (TPSA) is 57.1 Å². The van der Waals surface area contributed by atoms with Crippen molar-refractivity contribution >= 4 is 57.6 Å². The van der Waals surface area contributed by atoms with Gasteiger partial charge in [0.1, 0.15) is 17.8 Å². The van der Waals surface area contributed by atoms with Crippen molar-refractivity contribution in [1.29, 1.82) is 0 Å². The van der Waals surface area contributed by atoms with E-state index in [2.05, 4.69) is 60.7 Å². The molecule has 1 fully saturated rings. The summed E-state index contributed by atoms with van der Waals surface area (Å²) in [5, 5.41) is 6.64. The van der Waals surface area contributed by atoms with Crippen molar-refractivity contribution in [2.45, 2.75) is 57.6 Å². The molecule has 0 N–H and O–H groups in total. The highest BCUT2D eigenvalue weighted by Gasteiger charge is 2.38. The molecule has 5 nitrogen and oxygen atoms in total. The first-order valence-corrected chi connectivity index (χ1v) is 14.8. The lowest BCUT2D eigenvalue weighted by Crippen LogP contribution is -2.37. The molecule has 194 valence electrons. The molecular formula is C32H32NO4P. The molecule has 0 radical (unpaired) electrons. The van der Waals surface area contributed by atoms with E-state index in [1.807, 2.05) is 26.0 Å². The summed E-state index contributed by atoms with van der Waals surface area (Å²) in [6.45, 7) is 4.63. The summed E-state index contributed by atoms with van der Waals surface area (Å²) in [4.78, 5) is 5.01. The molecule has 1 aromatic heterocycles. The highest BCUT2D eigenvalue weighted by Crippen LogP contribution is 2.42. The molecule has 5 aromatic rings. The Hall–Kier alpha value is -3.27. The van der Waals surface area contributed by atoms with Crippen molar-refractivity contribution in [2.75, 3.05) is 6.61 Å². The van der Waals surface area contributed by atoms with Gasteiger partial charge in [0.15, 0.2) is 5.60 Å². The molecule has 7 rings (SSSR count). The molecule has 6 heteroatoms. The smallest absolute Gasteiger partial charge is 0.388 e. The van der Waals surface area contributed by atoms with Gasteiger partial charge in [0.25, 0.3) is 0 Å². The summed E-state index contributed by atoms with van der Waals surface area (Å²) in [5.41, 5.74) is 0.734. The SMILES string of the molecule is CC(C)(Op1oc2ccc3ccccc3c2c2c(ccc3ccccc32)o1)C1=N[C@@H](C2CCCCC2)CO1. The van der Waals surface area contributed by atoms with Crippen molar-refractivity contribution < 1.29 is 17.7 Å². The van der Waals surface area contributed by atoms with Gasteiger partial charge < -0.3 is 13.1 Å². The Kier molecular flexibility index (Phi) is 5.94. The van der Waals surface area contributed by atoms with Crippen LogP contribution in [0.15, 0.2) is 86.2 Å². The van der Waals surface area contributed by atoms with Crippen molar-refractivity contribution in [3.63, 3.8) is 0 Å². The van der Waals surface area contributed by atoms with E-state index in [4.69, 9.17) is 22.6 Å². The second-order valence-electron chi connectivity index (χ2n) is 11.0. The zero-order valence-corrected chi connectivity index (χ0v) is 22.7. The Morgan fingerprint density at radius 1 is 0.763 bits per heavy atom. The Bertz CT molecular complexity index is 1630. The minimum atomic E-state index is -1.78. The molecule has 1 aliphatic heterocycles. The molecule has 0 unspecified atom stereocenters. The minimum Gasteiger partial charge on any atom is -0.477 e. The Labute approximate surface area is 223 Å². The molecule has 0 bridgehead atoms.